The van der Waals surface area contributed by atoms with Crippen LogP contribution >= 0.6 is 0 Å². The highest BCUT2D eigenvalue weighted by Gasteiger charge is 2.14. The van der Waals surface area contributed by atoms with Gasteiger partial charge in [0.2, 0.25) is 0 Å². The molecule has 5 nitrogen and oxygen atoms in total. The van der Waals surface area contributed by atoms with Crippen molar-refractivity contribution in [2.45, 2.75) is 26.3 Å². The molecule has 0 saturated carbocycles. The predicted molar refractivity (Wildman–Crippen MR) is 82.4 cm³/mol. The Bertz CT molecular complexity index is 675. The zero-order chi connectivity index (χ0) is 14.8. The molecule has 0 aliphatic carbocycles. The maximum Gasteiger partial charge on any atom is 0.255 e. The van der Waals surface area contributed by atoms with E-state index in [1.54, 1.807) is 4.68 Å². The number of nitrogens with zero attached hydrogens (tertiary/aromatic N) is 2. The molecular weight excluding hydrogens is 264 g/mol. The van der Waals surface area contributed by atoms with Gasteiger partial charge in [0.1, 0.15) is 0 Å². The van der Waals surface area contributed by atoms with Gasteiger partial charge in [0, 0.05) is 25.4 Å². The summed E-state index contributed by atoms with van der Waals surface area (Å²) in [4.78, 5) is 12.4. The third-order valence-electron chi connectivity index (χ3n) is 3.84. The standard InChI is InChI=1S/C16H20N4O/c1-3-14-15(10-20(2)19-14)18-16(21)12-5-4-11-6-7-17-9-13(11)8-12/h4-5,8,10,17H,3,6-7,9H2,1-2H3,(H,18,21). The van der Waals surface area contributed by atoms with E-state index in [2.05, 4.69) is 21.8 Å². The molecule has 1 aromatic carbocycles. The smallest absolute Gasteiger partial charge is 0.255 e. The van der Waals surface area contributed by atoms with Gasteiger partial charge in [0.05, 0.1) is 11.4 Å². The molecule has 0 bridgehead atoms. The van der Waals surface area contributed by atoms with Crippen LogP contribution in [0.2, 0.25) is 0 Å². The van der Waals surface area contributed by atoms with Crippen molar-refractivity contribution in [2.24, 2.45) is 7.05 Å². The van der Waals surface area contributed by atoms with Crippen molar-refractivity contribution in [2.75, 3.05) is 11.9 Å². The van der Waals surface area contributed by atoms with Crippen molar-refractivity contribution in [1.29, 1.82) is 0 Å². The first-order valence-corrected chi connectivity index (χ1v) is 7.33. The third kappa shape index (κ3) is 2.83. The van der Waals surface area contributed by atoms with E-state index in [4.69, 9.17) is 0 Å². The van der Waals surface area contributed by atoms with E-state index in [-0.39, 0.29) is 5.91 Å². The van der Waals surface area contributed by atoms with Crippen LogP contribution in [0.15, 0.2) is 24.4 Å². The summed E-state index contributed by atoms with van der Waals surface area (Å²) in [5, 5.41) is 10.6. The minimum Gasteiger partial charge on any atom is -0.319 e. The van der Waals surface area contributed by atoms with E-state index in [1.165, 1.54) is 11.1 Å². The van der Waals surface area contributed by atoms with Crippen LogP contribution in [0, 0.1) is 0 Å². The third-order valence-corrected chi connectivity index (χ3v) is 3.84. The Morgan fingerprint density at radius 3 is 3.10 bits per heavy atom. The monoisotopic (exact) mass is 284 g/mol. The largest absolute Gasteiger partial charge is 0.319 e. The summed E-state index contributed by atoms with van der Waals surface area (Å²) in [6, 6.07) is 5.95. The molecule has 1 amide bonds. The Morgan fingerprint density at radius 1 is 1.43 bits per heavy atom. The topological polar surface area (TPSA) is 59.0 Å². The van der Waals surface area contributed by atoms with E-state index in [9.17, 15) is 4.79 Å². The Kier molecular flexibility index (Phi) is 3.75. The van der Waals surface area contributed by atoms with Crippen LogP contribution in [0.5, 0.6) is 0 Å². The molecule has 2 N–H and O–H groups in total. The van der Waals surface area contributed by atoms with Gasteiger partial charge in [0.25, 0.3) is 5.91 Å². The number of hydrogen-bond donors (Lipinski definition) is 2. The number of carbonyl (C=O) groups is 1. The zero-order valence-corrected chi connectivity index (χ0v) is 12.4. The summed E-state index contributed by atoms with van der Waals surface area (Å²) in [6.07, 6.45) is 3.67. The van der Waals surface area contributed by atoms with Gasteiger partial charge in [-0.25, -0.2) is 0 Å². The van der Waals surface area contributed by atoms with Crippen LogP contribution in [-0.2, 0) is 26.4 Å². The number of anilines is 1. The van der Waals surface area contributed by atoms with Crippen LogP contribution in [0.4, 0.5) is 5.69 Å². The minimum absolute atomic E-state index is 0.0777. The lowest BCUT2D eigenvalue weighted by atomic mass is 9.98. The van der Waals surface area contributed by atoms with Gasteiger partial charge in [-0.1, -0.05) is 13.0 Å². The summed E-state index contributed by atoms with van der Waals surface area (Å²) in [7, 11) is 1.86. The van der Waals surface area contributed by atoms with Gasteiger partial charge in [0.15, 0.2) is 0 Å². The van der Waals surface area contributed by atoms with Gasteiger partial charge in [-0.2, -0.15) is 5.10 Å². The number of benzene rings is 1. The van der Waals surface area contributed by atoms with Gasteiger partial charge in [-0.3, -0.25) is 9.48 Å². The van der Waals surface area contributed by atoms with Crippen LogP contribution < -0.4 is 10.6 Å². The Labute approximate surface area is 124 Å². The highest BCUT2D eigenvalue weighted by Crippen LogP contribution is 2.18. The summed E-state index contributed by atoms with van der Waals surface area (Å²) < 4.78 is 1.73. The number of nitrogens with one attached hydrogen (secondary N) is 2. The number of aryl methyl sites for hydroxylation is 2. The van der Waals surface area contributed by atoms with E-state index in [1.807, 2.05) is 32.3 Å². The summed E-state index contributed by atoms with van der Waals surface area (Å²) in [6.45, 7) is 3.88. The van der Waals surface area contributed by atoms with Gasteiger partial charge < -0.3 is 10.6 Å². The first-order chi connectivity index (χ1) is 10.2. The molecule has 21 heavy (non-hydrogen) atoms. The fourth-order valence-corrected chi connectivity index (χ4v) is 2.72. The number of aromatic nitrogens is 2. The molecule has 0 atom stereocenters. The number of fused-ring (bicyclic) bond motifs is 1. The molecule has 1 aromatic heterocycles. The molecule has 0 spiro atoms. The lowest BCUT2D eigenvalue weighted by Gasteiger charge is -2.17. The average molecular weight is 284 g/mol. The SMILES string of the molecule is CCc1nn(C)cc1NC(=O)c1ccc2c(c1)CNCC2. The predicted octanol–water partition coefficient (Wildman–Crippen LogP) is 1.88. The molecule has 2 aromatic rings. The Balaban J connectivity index is 1.82. The summed E-state index contributed by atoms with van der Waals surface area (Å²) in [5.74, 6) is -0.0777. The highest BCUT2D eigenvalue weighted by molar-refractivity contribution is 6.04. The molecule has 110 valence electrons. The molecule has 0 saturated heterocycles. The van der Waals surface area contributed by atoms with E-state index < -0.39 is 0 Å². The number of hydrogen-bond acceptors (Lipinski definition) is 3. The second-order valence-corrected chi connectivity index (χ2v) is 5.38. The van der Waals surface area contributed by atoms with Crippen molar-refractivity contribution in [3.05, 3.63) is 46.8 Å². The second kappa shape index (κ2) is 5.69. The molecule has 1 aliphatic heterocycles. The zero-order valence-electron chi connectivity index (χ0n) is 12.4. The number of carbonyl (C=O) groups excluding carboxylic acids is 1. The number of rotatable bonds is 3. The molecular formula is C16H20N4O. The minimum atomic E-state index is -0.0777. The van der Waals surface area contributed by atoms with Crippen LogP contribution in [0.3, 0.4) is 0 Å². The Hall–Kier alpha value is -2.14. The van der Waals surface area contributed by atoms with Gasteiger partial charge >= 0.3 is 0 Å². The second-order valence-electron chi connectivity index (χ2n) is 5.38. The van der Waals surface area contributed by atoms with Crippen molar-refractivity contribution >= 4 is 11.6 Å². The van der Waals surface area contributed by atoms with Crippen molar-refractivity contribution in [3.8, 4) is 0 Å². The first-order valence-electron chi connectivity index (χ1n) is 7.33. The number of amides is 1. The normalized spacial score (nSPS) is 13.8. The molecule has 3 rings (SSSR count). The highest BCUT2D eigenvalue weighted by atomic mass is 16.1. The summed E-state index contributed by atoms with van der Waals surface area (Å²) in [5.41, 5.74) is 4.95. The molecule has 0 radical (unpaired) electrons. The molecule has 0 fully saturated rings. The van der Waals surface area contributed by atoms with Crippen LogP contribution in [0.1, 0.15) is 34.1 Å². The van der Waals surface area contributed by atoms with E-state index in [0.29, 0.717) is 5.56 Å². The molecule has 0 unspecified atom stereocenters. The maximum absolute atomic E-state index is 12.4. The van der Waals surface area contributed by atoms with Gasteiger partial charge in [-0.15, -0.1) is 0 Å². The first kappa shape index (κ1) is 13.8. The maximum atomic E-state index is 12.4. The molecule has 2 heterocycles. The lowest BCUT2D eigenvalue weighted by Crippen LogP contribution is -2.24. The van der Waals surface area contributed by atoms with E-state index >= 15 is 0 Å². The summed E-state index contributed by atoms with van der Waals surface area (Å²) >= 11 is 0. The van der Waals surface area contributed by atoms with E-state index in [0.717, 1.165) is 37.3 Å². The van der Waals surface area contributed by atoms with Crippen LogP contribution in [-0.4, -0.2) is 22.2 Å². The Morgan fingerprint density at radius 2 is 2.29 bits per heavy atom. The lowest BCUT2D eigenvalue weighted by molar-refractivity contribution is 0.102. The van der Waals surface area contributed by atoms with Crippen molar-refractivity contribution < 1.29 is 4.79 Å². The molecule has 5 heteroatoms. The van der Waals surface area contributed by atoms with Gasteiger partial charge in [-0.05, 0) is 42.6 Å². The average Bonchev–Trinajstić information content (AvgIpc) is 2.86. The fourth-order valence-electron chi connectivity index (χ4n) is 2.72. The fraction of sp³-hybridized carbons (Fsp3) is 0.375. The van der Waals surface area contributed by atoms with Crippen molar-refractivity contribution in [3.63, 3.8) is 0 Å². The molecule has 1 aliphatic rings. The van der Waals surface area contributed by atoms with Crippen LogP contribution in [0.25, 0.3) is 0 Å². The van der Waals surface area contributed by atoms with Crippen molar-refractivity contribution in [1.82, 2.24) is 15.1 Å². The quantitative estimate of drug-likeness (QED) is 0.905.